The smallest absolute Gasteiger partial charge is 0.253 e. The van der Waals surface area contributed by atoms with Crippen LogP contribution in [0.25, 0.3) is 0 Å². The number of carbonyl (C=O) groups excluding carboxylic acids is 1. The molecule has 27 heavy (non-hydrogen) atoms. The number of aryl methyl sites for hydroxylation is 1. The highest BCUT2D eigenvalue weighted by Gasteiger charge is 2.22. The molecule has 1 fully saturated rings. The summed E-state index contributed by atoms with van der Waals surface area (Å²) in [5, 5.41) is 0. The molecule has 0 aliphatic carbocycles. The number of amides is 1. The first kappa shape index (κ1) is 21.4. The zero-order chi connectivity index (χ0) is 18.7. The molecule has 3 rings (SSSR count). The van der Waals surface area contributed by atoms with Gasteiger partial charge >= 0.3 is 0 Å². The average Bonchev–Trinajstić information content (AvgIpc) is 2.62. The van der Waals surface area contributed by atoms with Crippen LogP contribution >= 0.6 is 12.4 Å². The minimum atomic E-state index is -3.40. The molecule has 2 N–H and O–H groups in total. The Labute approximate surface area is 166 Å². The lowest BCUT2D eigenvalue weighted by Gasteiger charge is -2.30. The average molecular weight is 409 g/mol. The number of hydrogen-bond acceptors (Lipinski definition) is 4. The molecule has 1 atom stereocenters. The molecular formula is C20H25ClN2O3S. The van der Waals surface area contributed by atoms with E-state index in [9.17, 15) is 13.2 Å². The van der Waals surface area contributed by atoms with Gasteiger partial charge in [-0.1, -0.05) is 29.8 Å². The summed E-state index contributed by atoms with van der Waals surface area (Å²) in [4.78, 5) is 14.6. The predicted molar refractivity (Wildman–Crippen MR) is 109 cm³/mol. The van der Waals surface area contributed by atoms with Crippen molar-refractivity contribution in [3.63, 3.8) is 0 Å². The van der Waals surface area contributed by atoms with E-state index in [2.05, 4.69) is 0 Å². The summed E-state index contributed by atoms with van der Waals surface area (Å²) >= 11 is 0. The minimum absolute atomic E-state index is 0. The van der Waals surface area contributed by atoms with Crippen LogP contribution in [0.15, 0.2) is 53.4 Å². The fourth-order valence-electron chi connectivity index (χ4n) is 3.17. The molecule has 1 heterocycles. The van der Waals surface area contributed by atoms with Crippen LogP contribution in [0, 0.1) is 6.92 Å². The van der Waals surface area contributed by atoms with Gasteiger partial charge in [-0.25, -0.2) is 8.42 Å². The first-order chi connectivity index (χ1) is 12.3. The second-order valence-corrected chi connectivity index (χ2v) is 8.91. The van der Waals surface area contributed by atoms with E-state index in [1.807, 2.05) is 6.92 Å². The third-order valence-electron chi connectivity index (χ3n) is 4.68. The molecule has 0 spiro atoms. The standard InChI is InChI=1S/C20H24N2O3S.ClH/c1-15-4-10-19(11-5-15)26(24,25)14-16-6-8-17(9-7-16)20(23)22-12-2-3-18(21)13-22;/h4-11,18H,2-3,12-14,21H2,1H3;1H. The first-order valence-corrected chi connectivity index (χ1v) is 10.4. The Balaban J connectivity index is 0.00000261. The molecule has 1 amide bonds. The maximum atomic E-state index is 12.5. The number of hydrogen-bond donors (Lipinski definition) is 1. The van der Waals surface area contributed by atoms with E-state index < -0.39 is 9.84 Å². The van der Waals surface area contributed by atoms with E-state index in [0.29, 0.717) is 22.6 Å². The summed E-state index contributed by atoms with van der Waals surface area (Å²) in [6.07, 6.45) is 1.86. The number of sulfone groups is 1. The molecule has 2 aromatic carbocycles. The molecular weight excluding hydrogens is 384 g/mol. The van der Waals surface area contributed by atoms with E-state index in [4.69, 9.17) is 5.73 Å². The van der Waals surface area contributed by atoms with Gasteiger partial charge in [0.2, 0.25) is 0 Å². The third-order valence-corrected chi connectivity index (χ3v) is 6.39. The van der Waals surface area contributed by atoms with Crippen molar-refractivity contribution in [3.05, 3.63) is 65.2 Å². The van der Waals surface area contributed by atoms with E-state index in [-0.39, 0.29) is 30.1 Å². The van der Waals surface area contributed by atoms with Gasteiger partial charge in [0.05, 0.1) is 10.6 Å². The number of halogens is 1. The molecule has 2 aromatic rings. The molecule has 146 valence electrons. The number of nitrogens with two attached hydrogens (primary N) is 1. The molecule has 1 aliphatic rings. The van der Waals surface area contributed by atoms with Crippen molar-refractivity contribution in [1.82, 2.24) is 4.90 Å². The van der Waals surface area contributed by atoms with Crippen molar-refractivity contribution in [2.24, 2.45) is 5.73 Å². The fourth-order valence-corrected chi connectivity index (χ4v) is 4.52. The Bertz CT molecular complexity index is 880. The van der Waals surface area contributed by atoms with E-state index in [1.165, 1.54) is 0 Å². The molecule has 0 saturated carbocycles. The number of likely N-dealkylation sites (tertiary alicyclic amines) is 1. The SMILES string of the molecule is Cc1ccc(S(=O)(=O)Cc2ccc(C(=O)N3CCCC(N)C3)cc2)cc1.Cl. The van der Waals surface area contributed by atoms with Crippen LogP contribution in [0.2, 0.25) is 0 Å². The monoisotopic (exact) mass is 408 g/mol. The van der Waals surface area contributed by atoms with Crippen LogP contribution < -0.4 is 5.73 Å². The predicted octanol–water partition coefficient (Wildman–Crippen LogP) is 2.95. The maximum Gasteiger partial charge on any atom is 0.253 e. The van der Waals surface area contributed by atoms with Crippen LogP contribution in [0.3, 0.4) is 0 Å². The van der Waals surface area contributed by atoms with E-state index >= 15 is 0 Å². The third kappa shape index (κ3) is 5.31. The minimum Gasteiger partial charge on any atom is -0.337 e. The Hall–Kier alpha value is -1.89. The zero-order valence-electron chi connectivity index (χ0n) is 15.3. The molecule has 1 unspecified atom stereocenters. The molecule has 1 saturated heterocycles. The van der Waals surface area contributed by atoms with Crippen LogP contribution in [-0.4, -0.2) is 38.4 Å². The lowest BCUT2D eigenvalue weighted by molar-refractivity contribution is 0.0709. The van der Waals surface area contributed by atoms with Gasteiger partial charge in [-0.3, -0.25) is 4.79 Å². The summed E-state index contributed by atoms with van der Waals surface area (Å²) in [6.45, 7) is 3.21. The van der Waals surface area contributed by atoms with Gasteiger partial charge in [0.1, 0.15) is 0 Å². The van der Waals surface area contributed by atoms with Crippen LogP contribution in [-0.2, 0) is 15.6 Å². The topological polar surface area (TPSA) is 80.5 Å². The van der Waals surface area contributed by atoms with Crippen molar-refractivity contribution >= 4 is 28.2 Å². The molecule has 0 bridgehead atoms. The highest BCUT2D eigenvalue weighted by Crippen LogP contribution is 2.19. The second kappa shape index (κ2) is 8.87. The largest absolute Gasteiger partial charge is 0.337 e. The van der Waals surface area contributed by atoms with Gasteiger partial charge in [-0.2, -0.15) is 0 Å². The number of rotatable bonds is 4. The lowest BCUT2D eigenvalue weighted by Crippen LogP contribution is -2.45. The normalized spacial score (nSPS) is 17.3. The number of benzene rings is 2. The van der Waals surface area contributed by atoms with Gasteiger partial charge in [-0.15, -0.1) is 12.4 Å². The fraction of sp³-hybridized carbons (Fsp3) is 0.350. The summed E-state index contributed by atoms with van der Waals surface area (Å²) in [7, 11) is -3.40. The molecule has 5 nitrogen and oxygen atoms in total. The Morgan fingerprint density at radius 3 is 2.33 bits per heavy atom. The van der Waals surface area contributed by atoms with Crippen molar-refractivity contribution in [3.8, 4) is 0 Å². The maximum absolute atomic E-state index is 12.5. The summed E-state index contributed by atoms with van der Waals surface area (Å²) < 4.78 is 25.1. The van der Waals surface area contributed by atoms with Crippen LogP contribution in [0.1, 0.15) is 34.3 Å². The quantitative estimate of drug-likeness (QED) is 0.843. The van der Waals surface area contributed by atoms with Crippen molar-refractivity contribution in [1.29, 1.82) is 0 Å². The van der Waals surface area contributed by atoms with Gasteiger partial charge in [0, 0.05) is 24.7 Å². The van der Waals surface area contributed by atoms with Crippen molar-refractivity contribution < 1.29 is 13.2 Å². The Morgan fingerprint density at radius 2 is 1.74 bits per heavy atom. The molecule has 7 heteroatoms. The summed E-state index contributed by atoms with van der Waals surface area (Å²) in [5.41, 5.74) is 8.19. The van der Waals surface area contributed by atoms with Gasteiger partial charge in [0.15, 0.2) is 9.84 Å². The molecule has 1 aliphatic heterocycles. The van der Waals surface area contributed by atoms with Gasteiger partial charge in [-0.05, 0) is 49.6 Å². The number of nitrogens with zero attached hydrogens (tertiary/aromatic N) is 1. The summed E-state index contributed by atoms with van der Waals surface area (Å²) in [5.74, 6) is -0.132. The summed E-state index contributed by atoms with van der Waals surface area (Å²) in [6, 6.07) is 13.7. The van der Waals surface area contributed by atoms with Crippen LogP contribution in [0.5, 0.6) is 0 Å². The van der Waals surface area contributed by atoms with Crippen molar-refractivity contribution in [2.75, 3.05) is 13.1 Å². The second-order valence-electron chi connectivity index (χ2n) is 6.92. The number of piperidine rings is 1. The van der Waals surface area contributed by atoms with E-state index in [0.717, 1.165) is 24.9 Å². The lowest BCUT2D eigenvalue weighted by atomic mass is 10.0. The van der Waals surface area contributed by atoms with Crippen LogP contribution in [0.4, 0.5) is 0 Å². The van der Waals surface area contributed by atoms with Crippen molar-refractivity contribution in [2.45, 2.75) is 36.5 Å². The van der Waals surface area contributed by atoms with Gasteiger partial charge < -0.3 is 10.6 Å². The number of carbonyl (C=O) groups is 1. The zero-order valence-corrected chi connectivity index (χ0v) is 16.9. The molecule has 0 aromatic heterocycles. The Kier molecular flexibility index (Phi) is 7.03. The Morgan fingerprint density at radius 1 is 1.11 bits per heavy atom. The van der Waals surface area contributed by atoms with E-state index in [1.54, 1.807) is 53.4 Å². The highest BCUT2D eigenvalue weighted by molar-refractivity contribution is 7.90. The van der Waals surface area contributed by atoms with Gasteiger partial charge in [0.25, 0.3) is 5.91 Å². The highest BCUT2D eigenvalue weighted by atomic mass is 35.5. The molecule has 0 radical (unpaired) electrons. The first-order valence-electron chi connectivity index (χ1n) is 8.78.